The van der Waals surface area contributed by atoms with E-state index in [1.165, 1.54) is 16.4 Å². The Kier molecular flexibility index (Phi) is 4.49. The van der Waals surface area contributed by atoms with Gasteiger partial charge in [0.1, 0.15) is 5.60 Å². The van der Waals surface area contributed by atoms with Gasteiger partial charge in [0.05, 0.1) is 0 Å². The van der Waals surface area contributed by atoms with Crippen LogP contribution in [0.4, 0.5) is 4.79 Å². The second-order valence-corrected chi connectivity index (χ2v) is 6.61. The first-order chi connectivity index (χ1) is 9.37. The van der Waals surface area contributed by atoms with Crippen LogP contribution in [-0.2, 0) is 4.74 Å². The van der Waals surface area contributed by atoms with Crippen LogP contribution in [0.15, 0.2) is 30.3 Å². The van der Waals surface area contributed by atoms with Gasteiger partial charge in [-0.05, 0) is 43.6 Å². The molecule has 4 heteroatoms. The number of nitrogens with zero attached hydrogens (tertiary/aromatic N) is 1. The highest BCUT2D eigenvalue weighted by Crippen LogP contribution is 2.23. The predicted molar refractivity (Wildman–Crippen MR) is 86.2 cm³/mol. The third kappa shape index (κ3) is 3.83. The molecule has 0 saturated carbocycles. The minimum atomic E-state index is -0.437. The van der Waals surface area contributed by atoms with Gasteiger partial charge in [-0.2, -0.15) is 0 Å². The van der Waals surface area contributed by atoms with Gasteiger partial charge >= 0.3 is 6.09 Å². The van der Waals surface area contributed by atoms with E-state index in [4.69, 9.17) is 4.74 Å². The second-order valence-electron chi connectivity index (χ2n) is 5.99. The van der Waals surface area contributed by atoms with Gasteiger partial charge < -0.3 is 9.64 Å². The molecule has 20 heavy (non-hydrogen) atoms. The molecule has 0 saturated heterocycles. The van der Waals surface area contributed by atoms with Crippen molar-refractivity contribution >= 4 is 26.2 Å². The summed E-state index contributed by atoms with van der Waals surface area (Å²) in [5.41, 5.74) is 2.12. The highest BCUT2D eigenvalue weighted by atomic mass is 31.0. The van der Waals surface area contributed by atoms with Crippen LogP contribution in [0.2, 0.25) is 0 Å². The molecular formula is C16H22NO2P. The molecule has 108 valence electrons. The molecule has 1 unspecified atom stereocenters. The van der Waals surface area contributed by atoms with E-state index in [-0.39, 0.29) is 6.09 Å². The number of amides is 1. The van der Waals surface area contributed by atoms with Crippen LogP contribution < -0.4 is 5.30 Å². The molecule has 2 rings (SSSR count). The molecule has 1 atom stereocenters. The SMILES string of the molecule is CC(C)(C)OC(=O)N1CC=C(c2ccccc2P)CC1. The monoisotopic (exact) mass is 291 g/mol. The average Bonchev–Trinajstić information content (AvgIpc) is 2.37. The number of carbonyl (C=O) groups is 1. The molecule has 0 fully saturated rings. The number of benzene rings is 1. The van der Waals surface area contributed by atoms with E-state index in [1.54, 1.807) is 4.90 Å². The fourth-order valence-electron chi connectivity index (χ4n) is 2.20. The summed E-state index contributed by atoms with van der Waals surface area (Å²) < 4.78 is 5.40. The number of hydrogen-bond donors (Lipinski definition) is 0. The van der Waals surface area contributed by atoms with E-state index in [1.807, 2.05) is 32.9 Å². The Bertz CT molecular complexity index is 532. The third-order valence-electron chi connectivity index (χ3n) is 3.17. The van der Waals surface area contributed by atoms with Crippen LogP contribution in [0.1, 0.15) is 32.8 Å². The first-order valence-corrected chi connectivity index (χ1v) is 7.46. The summed E-state index contributed by atoms with van der Waals surface area (Å²) in [5.74, 6) is 0. The normalized spacial score (nSPS) is 15.8. The van der Waals surface area contributed by atoms with Gasteiger partial charge in [-0.15, -0.1) is 9.24 Å². The molecule has 3 nitrogen and oxygen atoms in total. The molecule has 0 bridgehead atoms. The van der Waals surface area contributed by atoms with Crippen molar-refractivity contribution < 1.29 is 9.53 Å². The summed E-state index contributed by atoms with van der Waals surface area (Å²) in [4.78, 5) is 13.7. The molecule has 0 spiro atoms. The predicted octanol–water partition coefficient (Wildman–Crippen LogP) is 3.21. The summed E-state index contributed by atoms with van der Waals surface area (Å²) in [7, 11) is 2.77. The number of hydrogen-bond acceptors (Lipinski definition) is 2. The van der Waals surface area contributed by atoms with Crippen molar-refractivity contribution in [2.24, 2.45) is 0 Å². The van der Waals surface area contributed by atoms with Crippen molar-refractivity contribution in [1.29, 1.82) is 0 Å². The maximum Gasteiger partial charge on any atom is 0.410 e. The van der Waals surface area contributed by atoms with Crippen molar-refractivity contribution in [3.8, 4) is 0 Å². The van der Waals surface area contributed by atoms with E-state index in [0.29, 0.717) is 13.1 Å². The topological polar surface area (TPSA) is 29.5 Å². The van der Waals surface area contributed by atoms with E-state index in [2.05, 4.69) is 27.4 Å². The highest BCUT2D eigenvalue weighted by Gasteiger charge is 2.23. The fourth-order valence-corrected chi connectivity index (χ4v) is 2.59. The van der Waals surface area contributed by atoms with Crippen molar-refractivity contribution in [2.45, 2.75) is 32.8 Å². The van der Waals surface area contributed by atoms with E-state index < -0.39 is 5.60 Å². The van der Waals surface area contributed by atoms with Gasteiger partial charge in [-0.1, -0.05) is 30.3 Å². The Morgan fingerprint density at radius 2 is 2.00 bits per heavy atom. The lowest BCUT2D eigenvalue weighted by atomic mass is 9.99. The van der Waals surface area contributed by atoms with Gasteiger partial charge in [0.2, 0.25) is 0 Å². The van der Waals surface area contributed by atoms with Crippen molar-refractivity contribution in [3.05, 3.63) is 35.9 Å². The molecule has 1 aliphatic heterocycles. The van der Waals surface area contributed by atoms with Crippen LogP contribution in [0.25, 0.3) is 5.57 Å². The minimum absolute atomic E-state index is 0.230. The average molecular weight is 291 g/mol. The maximum atomic E-state index is 12.0. The Labute approximate surface area is 123 Å². The molecule has 0 aromatic heterocycles. The first-order valence-electron chi connectivity index (χ1n) is 6.88. The van der Waals surface area contributed by atoms with Crippen LogP contribution in [-0.4, -0.2) is 29.7 Å². The summed E-state index contributed by atoms with van der Waals surface area (Å²) in [6.45, 7) is 6.99. The van der Waals surface area contributed by atoms with E-state index in [0.717, 1.165) is 6.42 Å². The summed E-state index contributed by atoms with van der Waals surface area (Å²) in [6, 6.07) is 8.28. The van der Waals surface area contributed by atoms with Gasteiger partial charge in [-0.3, -0.25) is 0 Å². The third-order valence-corrected chi connectivity index (χ3v) is 3.67. The Morgan fingerprint density at radius 3 is 2.55 bits per heavy atom. The zero-order valence-corrected chi connectivity index (χ0v) is 13.5. The Hall–Kier alpha value is -1.34. The lowest BCUT2D eigenvalue weighted by Gasteiger charge is -2.29. The highest BCUT2D eigenvalue weighted by molar-refractivity contribution is 7.27. The van der Waals surface area contributed by atoms with Crippen LogP contribution in [0.5, 0.6) is 0 Å². The smallest absolute Gasteiger partial charge is 0.410 e. The van der Waals surface area contributed by atoms with Crippen molar-refractivity contribution in [3.63, 3.8) is 0 Å². The maximum absolute atomic E-state index is 12.0. The quantitative estimate of drug-likeness (QED) is 0.744. The van der Waals surface area contributed by atoms with E-state index in [9.17, 15) is 4.79 Å². The number of rotatable bonds is 1. The molecule has 1 heterocycles. The Balaban J connectivity index is 2.04. The Morgan fingerprint density at radius 1 is 1.30 bits per heavy atom. The molecular weight excluding hydrogens is 269 g/mol. The second kappa shape index (κ2) is 5.97. The van der Waals surface area contributed by atoms with Crippen molar-refractivity contribution in [1.82, 2.24) is 4.90 Å². The van der Waals surface area contributed by atoms with Gasteiger partial charge in [0.25, 0.3) is 0 Å². The van der Waals surface area contributed by atoms with E-state index >= 15 is 0 Å². The zero-order valence-electron chi connectivity index (χ0n) is 12.3. The molecule has 1 aromatic carbocycles. The standard InChI is InChI=1S/C16H22NO2P/c1-16(2,3)19-15(18)17-10-8-12(9-11-17)13-6-4-5-7-14(13)20/h4-8H,9-11,20H2,1-3H3. The molecule has 1 amide bonds. The molecule has 1 aromatic rings. The van der Waals surface area contributed by atoms with Crippen LogP contribution in [0, 0.1) is 0 Å². The minimum Gasteiger partial charge on any atom is -0.444 e. The van der Waals surface area contributed by atoms with Crippen LogP contribution >= 0.6 is 9.24 Å². The largest absolute Gasteiger partial charge is 0.444 e. The molecule has 0 N–H and O–H groups in total. The van der Waals surface area contributed by atoms with Gasteiger partial charge in [-0.25, -0.2) is 4.79 Å². The molecule has 0 radical (unpaired) electrons. The summed E-state index contributed by atoms with van der Waals surface area (Å²) in [6.07, 6.45) is 2.76. The lowest BCUT2D eigenvalue weighted by Crippen LogP contribution is -2.39. The van der Waals surface area contributed by atoms with Crippen LogP contribution in [0.3, 0.4) is 0 Å². The molecule has 0 aliphatic carbocycles. The number of carbonyl (C=O) groups excluding carboxylic acids is 1. The van der Waals surface area contributed by atoms with Gasteiger partial charge in [0, 0.05) is 13.1 Å². The first kappa shape index (κ1) is 15.1. The molecule has 1 aliphatic rings. The summed E-state index contributed by atoms with van der Waals surface area (Å²) >= 11 is 0. The fraction of sp³-hybridized carbons (Fsp3) is 0.438. The van der Waals surface area contributed by atoms with Gasteiger partial charge in [0.15, 0.2) is 0 Å². The van der Waals surface area contributed by atoms with Crippen molar-refractivity contribution in [2.75, 3.05) is 13.1 Å². The zero-order chi connectivity index (χ0) is 14.8. The summed E-state index contributed by atoms with van der Waals surface area (Å²) in [5, 5.41) is 1.20. The number of ether oxygens (including phenoxy) is 1. The lowest BCUT2D eigenvalue weighted by molar-refractivity contribution is 0.0270.